The zero-order valence-corrected chi connectivity index (χ0v) is 10.4. The summed E-state index contributed by atoms with van der Waals surface area (Å²) >= 11 is 0. The van der Waals surface area contributed by atoms with Crippen LogP contribution >= 0.6 is 0 Å². The summed E-state index contributed by atoms with van der Waals surface area (Å²) in [5.74, 6) is -0.254. The van der Waals surface area contributed by atoms with Gasteiger partial charge in [0.25, 0.3) is 0 Å². The molecular formula is C14H19N3O. The third-order valence-corrected chi connectivity index (χ3v) is 3.13. The van der Waals surface area contributed by atoms with Crippen molar-refractivity contribution in [3.63, 3.8) is 0 Å². The van der Waals surface area contributed by atoms with E-state index < -0.39 is 0 Å². The molecule has 18 heavy (non-hydrogen) atoms. The fourth-order valence-corrected chi connectivity index (χ4v) is 2.13. The van der Waals surface area contributed by atoms with Crippen molar-refractivity contribution in [2.24, 2.45) is 5.73 Å². The van der Waals surface area contributed by atoms with E-state index in [1.54, 1.807) is 0 Å². The molecule has 1 fully saturated rings. The molecular weight excluding hydrogens is 226 g/mol. The lowest BCUT2D eigenvalue weighted by Gasteiger charge is -2.33. The topological polar surface area (TPSA) is 58.4 Å². The molecule has 1 atom stereocenters. The first-order valence-electron chi connectivity index (χ1n) is 6.23. The van der Waals surface area contributed by atoms with E-state index in [9.17, 15) is 4.79 Å². The molecule has 0 radical (unpaired) electrons. The van der Waals surface area contributed by atoms with Crippen molar-refractivity contribution in [1.29, 1.82) is 0 Å². The van der Waals surface area contributed by atoms with Gasteiger partial charge in [0.1, 0.15) is 6.04 Å². The summed E-state index contributed by atoms with van der Waals surface area (Å²) in [5, 5.41) is 3.19. The first-order chi connectivity index (χ1) is 8.77. The van der Waals surface area contributed by atoms with Gasteiger partial charge in [-0.1, -0.05) is 42.5 Å². The molecule has 1 amide bonds. The number of nitrogens with one attached hydrogen (secondary N) is 1. The SMILES string of the molecule is NC(=O)C1CNCCN1CC=Cc1ccccc1. The Balaban J connectivity index is 1.92. The third kappa shape index (κ3) is 3.42. The van der Waals surface area contributed by atoms with Crippen molar-refractivity contribution in [3.05, 3.63) is 42.0 Å². The van der Waals surface area contributed by atoms with Gasteiger partial charge in [-0.2, -0.15) is 0 Å². The lowest BCUT2D eigenvalue weighted by molar-refractivity contribution is -0.123. The van der Waals surface area contributed by atoms with E-state index in [2.05, 4.69) is 34.5 Å². The van der Waals surface area contributed by atoms with Crippen LogP contribution in [0.25, 0.3) is 6.08 Å². The molecule has 1 aliphatic heterocycles. The molecule has 2 rings (SSSR count). The quantitative estimate of drug-likeness (QED) is 0.810. The van der Waals surface area contributed by atoms with Gasteiger partial charge in [-0.25, -0.2) is 0 Å². The third-order valence-electron chi connectivity index (χ3n) is 3.13. The largest absolute Gasteiger partial charge is 0.368 e. The minimum atomic E-state index is -0.254. The number of carbonyl (C=O) groups is 1. The van der Waals surface area contributed by atoms with E-state index >= 15 is 0 Å². The van der Waals surface area contributed by atoms with Gasteiger partial charge in [-0.15, -0.1) is 0 Å². The lowest BCUT2D eigenvalue weighted by atomic mass is 10.1. The Labute approximate surface area is 107 Å². The number of benzene rings is 1. The van der Waals surface area contributed by atoms with Crippen LogP contribution in [0.3, 0.4) is 0 Å². The van der Waals surface area contributed by atoms with Crippen molar-refractivity contribution in [2.75, 3.05) is 26.2 Å². The maximum Gasteiger partial charge on any atom is 0.236 e. The summed E-state index contributed by atoms with van der Waals surface area (Å²) in [6, 6.07) is 9.93. The highest BCUT2D eigenvalue weighted by atomic mass is 16.1. The molecule has 0 saturated carbocycles. The van der Waals surface area contributed by atoms with E-state index in [0.717, 1.165) is 19.6 Å². The first-order valence-corrected chi connectivity index (χ1v) is 6.23. The Morgan fingerprint density at radius 2 is 2.22 bits per heavy atom. The van der Waals surface area contributed by atoms with Crippen LogP contribution in [-0.4, -0.2) is 43.0 Å². The Bertz CT molecular complexity index is 416. The number of amides is 1. The Kier molecular flexibility index (Phi) is 4.50. The second kappa shape index (κ2) is 6.33. The highest BCUT2D eigenvalue weighted by Gasteiger charge is 2.25. The summed E-state index contributed by atoms with van der Waals surface area (Å²) < 4.78 is 0. The molecule has 0 bridgehead atoms. The van der Waals surface area contributed by atoms with Crippen molar-refractivity contribution in [3.8, 4) is 0 Å². The molecule has 96 valence electrons. The molecule has 1 heterocycles. The van der Waals surface area contributed by atoms with Gasteiger partial charge in [-0.3, -0.25) is 9.69 Å². The van der Waals surface area contributed by atoms with E-state index in [4.69, 9.17) is 5.73 Å². The van der Waals surface area contributed by atoms with Crippen molar-refractivity contribution in [1.82, 2.24) is 10.2 Å². The second-order valence-corrected chi connectivity index (χ2v) is 4.43. The van der Waals surface area contributed by atoms with Gasteiger partial charge < -0.3 is 11.1 Å². The normalized spacial score (nSPS) is 21.2. The zero-order valence-electron chi connectivity index (χ0n) is 10.4. The monoisotopic (exact) mass is 245 g/mol. The van der Waals surface area contributed by atoms with E-state index in [-0.39, 0.29) is 11.9 Å². The van der Waals surface area contributed by atoms with Crippen LogP contribution in [0, 0.1) is 0 Å². The van der Waals surface area contributed by atoms with Crippen molar-refractivity contribution in [2.45, 2.75) is 6.04 Å². The number of piperazine rings is 1. The lowest BCUT2D eigenvalue weighted by Crippen LogP contribution is -2.56. The van der Waals surface area contributed by atoms with Crippen LogP contribution < -0.4 is 11.1 Å². The summed E-state index contributed by atoms with van der Waals surface area (Å²) in [7, 11) is 0. The summed E-state index contributed by atoms with van der Waals surface area (Å²) in [6.45, 7) is 3.16. The molecule has 0 spiro atoms. The maximum absolute atomic E-state index is 11.3. The zero-order chi connectivity index (χ0) is 12.8. The highest BCUT2D eigenvalue weighted by Crippen LogP contribution is 2.05. The van der Waals surface area contributed by atoms with Gasteiger partial charge in [0.15, 0.2) is 0 Å². The second-order valence-electron chi connectivity index (χ2n) is 4.43. The minimum Gasteiger partial charge on any atom is -0.368 e. The maximum atomic E-state index is 11.3. The first kappa shape index (κ1) is 12.8. The van der Waals surface area contributed by atoms with E-state index in [1.165, 1.54) is 5.56 Å². The number of carbonyl (C=O) groups excluding carboxylic acids is 1. The van der Waals surface area contributed by atoms with Crippen molar-refractivity contribution >= 4 is 12.0 Å². The number of hydrogen-bond acceptors (Lipinski definition) is 3. The van der Waals surface area contributed by atoms with Crippen LogP contribution in [0.5, 0.6) is 0 Å². The van der Waals surface area contributed by atoms with Crippen LogP contribution in [0.1, 0.15) is 5.56 Å². The molecule has 1 aromatic rings. The fourth-order valence-electron chi connectivity index (χ4n) is 2.13. The molecule has 4 heteroatoms. The van der Waals surface area contributed by atoms with Gasteiger partial charge in [0.2, 0.25) is 5.91 Å². The molecule has 4 nitrogen and oxygen atoms in total. The molecule has 1 aliphatic rings. The molecule has 1 unspecified atom stereocenters. The molecule has 1 saturated heterocycles. The number of rotatable bonds is 4. The van der Waals surface area contributed by atoms with Crippen molar-refractivity contribution < 1.29 is 4.79 Å². The number of primary amides is 1. The Morgan fingerprint density at radius 3 is 2.94 bits per heavy atom. The molecule has 0 aliphatic carbocycles. The Morgan fingerprint density at radius 1 is 1.44 bits per heavy atom. The van der Waals surface area contributed by atoms with Gasteiger partial charge in [0.05, 0.1) is 0 Å². The van der Waals surface area contributed by atoms with Crippen LogP contribution in [0.4, 0.5) is 0 Å². The molecule has 1 aromatic carbocycles. The summed E-state index contributed by atoms with van der Waals surface area (Å²) in [4.78, 5) is 13.4. The van der Waals surface area contributed by atoms with Crippen LogP contribution in [0.2, 0.25) is 0 Å². The predicted molar refractivity (Wildman–Crippen MR) is 72.9 cm³/mol. The van der Waals surface area contributed by atoms with Crippen LogP contribution in [-0.2, 0) is 4.79 Å². The number of nitrogens with two attached hydrogens (primary N) is 1. The number of nitrogens with zero attached hydrogens (tertiary/aromatic N) is 1. The van der Waals surface area contributed by atoms with E-state index in [0.29, 0.717) is 6.54 Å². The molecule has 0 aromatic heterocycles. The smallest absolute Gasteiger partial charge is 0.236 e. The average molecular weight is 245 g/mol. The standard InChI is InChI=1S/C14H19N3O/c15-14(18)13-11-16-8-10-17(13)9-4-7-12-5-2-1-3-6-12/h1-7,13,16H,8-11H2,(H2,15,18). The van der Waals surface area contributed by atoms with Crippen LogP contribution in [0.15, 0.2) is 36.4 Å². The number of hydrogen-bond donors (Lipinski definition) is 2. The van der Waals surface area contributed by atoms with Gasteiger partial charge in [0, 0.05) is 26.2 Å². The van der Waals surface area contributed by atoms with Gasteiger partial charge in [-0.05, 0) is 5.56 Å². The molecule has 3 N–H and O–H groups in total. The fraction of sp³-hybridized carbons (Fsp3) is 0.357. The predicted octanol–water partition coefficient (Wildman–Crippen LogP) is 0.459. The summed E-state index contributed by atoms with van der Waals surface area (Å²) in [6.07, 6.45) is 4.15. The average Bonchev–Trinajstić information content (AvgIpc) is 2.40. The highest BCUT2D eigenvalue weighted by molar-refractivity contribution is 5.80. The minimum absolute atomic E-state index is 0.195. The van der Waals surface area contributed by atoms with E-state index in [1.807, 2.05) is 18.2 Å². The van der Waals surface area contributed by atoms with Gasteiger partial charge >= 0.3 is 0 Å². The Hall–Kier alpha value is -1.65. The summed E-state index contributed by atoms with van der Waals surface area (Å²) in [5.41, 5.74) is 6.57.